The molecule has 0 aliphatic carbocycles. The van der Waals surface area contributed by atoms with Crippen molar-refractivity contribution >= 4 is 12.0 Å². The highest BCUT2D eigenvalue weighted by atomic mass is 16.4. The summed E-state index contributed by atoms with van der Waals surface area (Å²) in [7, 11) is 0. The number of likely N-dealkylation sites (tertiary alicyclic amines) is 2. The van der Waals surface area contributed by atoms with Crippen LogP contribution < -0.4 is 0 Å². The molecule has 5 heteroatoms. The summed E-state index contributed by atoms with van der Waals surface area (Å²) in [6.45, 7) is 6.08. The molecule has 2 saturated heterocycles. The maximum atomic E-state index is 12.7. The van der Waals surface area contributed by atoms with Gasteiger partial charge in [0.2, 0.25) is 0 Å². The van der Waals surface area contributed by atoms with E-state index < -0.39 is 11.4 Å². The first kappa shape index (κ1) is 16.1. The SMILES string of the molecule is CCC1CCCCN1C(=O)N1CCC(CC)(C(=O)O)CC1. The number of piperidine rings is 2. The molecule has 2 fully saturated rings. The summed E-state index contributed by atoms with van der Waals surface area (Å²) < 4.78 is 0. The standard InChI is InChI=1S/C16H28N2O3/c1-3-13-7-5-6-10-18(13)15(21)17-11-8-16(4-2,9-12-17)14(19)20/h13H,3-12H2,1-2H3,(H,19,20). The molecule has 120 valence electrons. The Bertz CT molecular complexity index is 389. The van der Waals surface area contributed by atoms with Crippen LogP contribution in [0, 0.1) is 5.41 Å². The summed E-state index contributed by atoms with van der Waals surface area (Å²) in [5.74, 6) is -0.707. The van der Waals surface area contributed by atoms with Crippen molar-refractivity contribution in [2.75, 3.05) is 19.6 Å². The second kappa shape index (κ2) is 6.67. The van der Waals surface area contributed by atoms with Crippen LogP contribution in [0.5, 0.6) is 0 Å². The Labute approximate surface area is 127 Å². The number of hydrogen-bond acceptors (Lipinski definition) is 2. The highest BCUT2D eigenvalue weighted by Crippen LogP contribution is 2.35. The molecule has 2 aliphatic rings. The second-order valence-electron chi connectivity index (χ2n) is 6.46. The number of hydrogen-bond donors (Lipinski definition) is 1. The van der Waals surface area contributed by atoms with Crippen molar-refractivity contribution in [1.82, 2.24) is 9.80 Å². The molecule has 1 N–H and O–H groups in total. The number of carboxylic acids is 1. The van der Waals surface area contributed by atoms with Gasteiger partial charge in [-0.15, -0.1) is 0 Å². The van der Waals surface area contributed by atoms with Crippen LogP contribution >= 0.6 is 0 Å². The van der Waals surface area contributed by atoms with Crippen LogP contribution in [0.3, 0.4) is 0 Å². The van der Waals surface area contributed by atoms with Gasteiger partial charge in [0.05, 0.1) is 5.41 Å². The normalized spacial score (nSPS) is 25.7. The predicted molar refractivity (Wildman–Crippen MR) is 81.2 cm³/mol. The lowest BCUT2D eigenvalue weighted by molar-refractivity contribution is -0.152. The number of aliphatic carboxylic acids is 1. The van der Waals surface area contributed by atoms with E-state index in [1.54, 1.807) is 0 Å². The molecule has 1 atom stereocenters. The minimum absolute atomic E-state index is 0.122. The second-order valence-corrected chi connectivity index (χ2v) is 6.46. The van der Waals surface area contributed by atoms with E-state index in [0.29, 0.717) is 38.4 Å². The molecule has 21 heavy (non-hydrogen) atoms. The van der Waals surface area contributed by atoms with Crippen LogP contribution in [0.1, 0.15) is 58.8 Å². The maximum Gasteiger partial charge on any atom is 0.320 e. The lowest BCUT2D eigenvalue weighted by Gasteiger charge is -2.43. The third-order valence-corrected chi connectivity index (χ3v) is 5.47. The molecule has 0 aromatic heterocycles. The summed E-state index contributed by atoms with van der Waals surface area (Å²) in [4.78, 5) is 28.0. The van der Waals surface area contributed by atoms with Crippen molar-refractivity contribution in [2.24, 2.45) is 5.41 Å². The van der Waals surface area contributed by atoms with Gasteiger partial charge >= 0.3 is 12.0 Å². The summed E-state index contributed by atoms with van der Waals surface area (Å²) in [6, 6.07) is 0.486. The largest absolute Gasteiger partial charge is 0.481 e. The van der Waals surface area contributed by atoms with Crippen LogP contribution in [0.2, 0.25) is 0 Å². The third kappa shape index (κ3) is 3.16. The molecule has 0 aromatic rings. The fraction of sp³-hybridized carbons (Fsp3) is 0.875. The molecular formula is C16H28N2O3. The number of carboxylic acid groups (broad SMARTS) is 1. The van der Waals surface area contributed by atoms with Crippen molar-refractivity contribution in [3.05, 3.63) is 0 Å². The first-order valence-electron chi connectivity index (χ1n) is 8.33. The van der Waals surface area contributed by atoms with Crippen molar-refractivity contribution in [2.45, 2.75) is 64.8 Å². The molecular weight excluding hydrogens is 268 g/mol. The van der Waals surface area contributed by atoms with Crippen molar-refractivity contribution in [1.29, 1.82) is 0 Å². The summed E-state index contributed by atoms with van der Waals surface area (Å²) >= 11 is 0. The monoisotopic (exact) mass is 296 g/mol. The van der Waals surface area contributed by atoms with E-state index in [-0.39, 0.29) is 6.03 Å². The van der Waals surface area contributed by atoms with Gasteiger partial charge in [0.25, 0.3) is 0 Å². The number of amides is 2. The minimum atomic E-state index is -0.707. The molecule has 1 unspecified atom stereocenters. The molecule has 2 heterocycles. The lowest BCUT2D eigenvalue weighted by Crippen LogP contribution is -2.54. The molecule has 0 aromatic carbocycles. The van der Waals surface area contributed by atoms with Crippen LogP contribution in [0.15, 0.2) is 0 Å². The topological polar surface area (TPSA) is 60.9 Å². The van der Waals surface area contributed by atoms with Gasteiger partial charge in [-0.05, 0) is 44.9 Å². The number of urea groups is 1. The van der Waals surface area contributed by atoms with Gasteiger partial charge in [0.1, 0.15) is 0 Å². The summed E-state index contributed by atoms with van der Waals surface area (Å²) in [5, 5.41) is 9.43. The van der Waals surface area contributed by atoms with E-state index in [2.05, 4.69) is 6.92 Å². The Morgan fingerprint density at radius 1 is 1.14 bits per heavy atom. The van der Waals surface area contributed by atoms with Crippen molar-refractivity contribution in [3.8, 4) is 0 Å². The Hall–Kier alpha value is -1.26. The Morgan fingerprint density at radius 2 is 1.81 bits per heavy atom. The zero-order valence-corrected chi connectivity index (χ0v) is 13.3. The van der Waals surface area contributed by atoms with E-state index in [4.69, 9.17) is 0 Å². The van der Waals surface area contributed by atoms with E-state index >= 15 is 0 Å². The van der Waals surface area contributed by atoms with Crippen LogP contribution in [0.4, 0.5) is 4.79 Å². The Balaban J connectivity index is 1.98. The number of carbonyl (C=O) groups is 2. The average Bonchev–Trinajstić information content (AvgIpc) is 2.54. The zero-order valence-electron chi connectivity index (χ0n) is 13.3. The van der Waals surface area contributed by atoms with E-state index in [0.717, 1.165) is 25.8 Å². The fourth-order valence-electron chi connectivity index (χ4n) is 3.70. The molecule has 2 rings (SSSR count). The summed E-state index contributed by atoms with van der Waals surface area (Å²) in [5.41, 5.74) is -0.622. The predicted octanol–water partition coefficient (Wildman–Crippen LogP) is 2.95. The fourth-order valence-corrected chi connectivity index (χ4v) is 3.70. The highest BCUT2D eigenvalue weighted by molar-refractivity contribution is 5.77. The van der Waals surface area contributed by atoms with Crippen LogP contribution in [-0.2, 0) is 4.79 Å². The molecule has 0 bridgehead atoms. The molecule has 2 amide bonds. The lowest BCUT2D eigenvalue weighted by atomic mass is 9.76. The Morgan fingerprint density at radius 3 is 2.33 bits per heavy atom. The molecule has 0 saturated carbocycles. The number of carbonyl (C=O) groups excluding carboxylic acids is 1. The van der Waals surface area contributed by atoms with Gasteiger partial charge in [-0.1, -0.05) is 13.8 Å². The van der Waals surface area contributed by atoms with Gasteiger partial charge in [-0.25, -0.2) is 4.79 Å². The first-order chi connectivity index (χ1) is 10.0. The third-order valence-electron chi connectivity index (χ3n) is 5.47. The maximum absolute atomic E-state index is 12.7. The van der Waals surface area contributed by atoms with Crippen LogP contribution in [0.25, 0.3) is 0 Å². The van der Waals surface area contributed by atoms with Gasteiger partial charge in [0.15, 0.2) is 0 Å². The molecule has 5 nitrogen and oxygen atoms in total. The van der Waals surface area contributed by atoms with Crippen molar-refractivity contribution in [3.63, 3.8) is 0 Å². The van der Waals surface area contributed by atoms with E-state index in [1.165, 1.54) is 6.42 Å². The first-order valence-corrected chi connectivity index (χ1v) is 8.33. The zero-order chi connectivity index (χ0) is 15.5. The van der Waals surface area contributed by atoms with Crippen molar-refractivity contribution < 1.29 is 14.7 Å². The minimum Gasteiger partial charge on any atom is -0.481 e. The van der Waals surface area contributed by atoms with Gasteiger partial charge in [-0.2, -0.15) is 0 Å². The molecule has 0 spiro atoms. The van der Waals surface area contributed by atoms with Crippen LogP contribution in [-0.4, -0.2) is 52.6 Å². The average molecular weight is 296 g/mol. The summed E-state index contributed by atoms with van der Waals surface area (Å²) in [6.07, 6.45) is 6.21. The van der Waals surface area contributed by atoms with Gasteiger partial charge < -0.3 is 14.9 Å². The Kier molecular flexibility index (Phi) is 5.12. The van der Waals surface area contributed by atoms with E-state index in [9.17, 15) is 14.7 Å². The highest BCUT2D eigenvalue weighted by Gasteiger charge is 2.42. The van der Waals surface area contributed by atoms with Gasteiger partial charge in [0, 0.05) is 25.7 Å². The number of rotatable bonds is 3. The number of nitrogens with zero attached hydrogens (tertiary/aromatic N) is 2. The smallest absolute Gasteiger partial charge is 0.320 e. The quantitative estimate of drug-likeness (QED) is 0.871. The van der Waals surface area contributed by atoms with Gasteiger partial charge in [-0.3, -0.25) is 4.79 Å². The molecule has 2 aliphatic heterocycles. The molecule has 0 radical (unpaired) electrons. The van der Waals surface area contributed by atoms with E-state index in [1.807, 2.05) is 16.7 Å².